The third-order valence-electron chi connectivity index (χ3n) is 6.78. The molecule has 0 bridgehead atoms. The molecule has 2 aliphatic rings. The van der Waals surface area contributed by atoms with Gasteiger partial charge in [0.05, 0.1) is 34.1 Å². The number of ether oxygens (including phenoxy) is 4. The van der Waals surface area contributed by atoms with E-state index in [1.807, 2.05) is 48.5 Å². The number of aromatic nitrogens is 4. The molecule has 0 saturated carbocycles. The van der Waals surface area contributed by atoms with Crippen molar-refractivity contribution in [3.63, 3.8) is 0 Å². The Kier molecular flexibility index (Phi) is 7.49. The summed E-state index contributed by atoms with van der Waals surface area (Å²) in [7, 11) is 0. The third kappa shape index (κ3) is 5.82. The minimum Gasteiger partial charge on any atom is -0.443 e. The number of thiazole rings is 1. The number of benzene rings is 2. The summed E-state index contributed by atoms with van der Waals surface area (Å²) in [6.45, 7) is 7.28. The summed E-state index contributed by atoms with van der Waals surface area (Å²) in [5, 5.41) is 16.4. The highest BCUT2D eigenvalue weighted by molar-refractivity contribution is 7.16. The molecular weight excluding hydrogens is 548 g/mol. The van der Waals surface area contributed by atoms with Gasteiger partial charge in [0.2, 0.25) is 0 Å². The van der Waals surface area contributed by atoms with Gasteiger partial charge in [-0.15, -0.1) is 11.3 Å². The molecule has 4 aromatic rings. The number of carbonyl (C=O) groups is 1. The van der Waals surface area contributed by atoms with E-state index < -0.39 is 48.4 Å². The fourth-order valence-electron chi connectivity index (χ4n) is 5.02. The summed E-state index contributed by atoms with van der Waals surface area (Å²) in [4.78, 5) is 21.5. The summed E-state index contributed by atoms with van der Waals surface area (Å²) in [5.74, 6) is 0.922. The molecule has 0 aliphatic carbocycles. The maximum Gasteiger partial charge on any atom is 0.422 e. The van der Waals surface area contributed by atoms with Gasteiger partial charge < -0.3 is 24.1 Å². The average molecular weight is 581 g/mol. The minimum absolute atomic E-state index is 0.192. The van der Waals surface area contributed by atoms with Crippen LogP contribution in [0.1, 0.15) is 50.4 Å². The lowest BCUT2D eigenvalue weighted by Crippen LogP contribution is -2.66. The largest absolute Gasteiger partial charge is 0.443 e. The van der Waals surface area contributed by atoms with Crippen LogP contribution >= 0.6 is 11.3 Å². The quantitative estimate of drug-likeness (QED) is 0.300. The van der Waals surface area contributed by atoms with Crippen molar-refractivity contribution in [1.82, 2.24) is 30.6 Å². The van der Waals surface area contributed by atoms with Crippen LogP contribution in [0.3, 0.4) is 0 Å². The number of nitrogens with zero attached hydrogens (tertiary/aromatic N) is 4. The molecule has 2 aromatic carbocycles. The van der Waals surface area contributed by atoms with Gasteiger partial charge in [-0.2, -0.15) is 5.10 Å². The first kappa shape index (κ1) is 27.7. The molecule has 3 N–H and O–H groups in total. The Morgan fingerprint density at radius 1 is 1.17 bits per heavy atom. The molecule has 2 aromatic heterocycles. The Labute approximate surface area is 240 Å². The van der Waals surface area contributed by atoms with Crippen molar-refractivity contribution in [2.75, 3.05) is 6.61 Å². The van der Waals surface area contributed by atoms with Crippen LogP contribution in [0.5, 0.6) is 0 Å². The van der Waals surface area contributed by atoms with E-state index in [1.54, 1.807) is 37.9 Å². The molecule has 2 fully saturated rings. The maximum atomic E-state index is 12.5. The van der Waals surface area contributed by atoms with Crippen LogP contribution in [0.4, 0.5) is 4.79 Å². The van der Waals surface area contributed by atoms with E-state index in [2.05, 4.69) is 25.9 Å². The molecule has 2 aliphatic heterocycles. The maximum absolute atomic E-state index is 12.5. The third-order valence-corrected chi connectivity index (χ3v) is 7.57. The molecule has 1 unspecified atom stereocenters. The number of hydrogen-bond acceptors (Lipinski definition) is 11. The van der Waals surface area contributed by atoms with Crippen molar-refractivity contribution in [2.24, 2.45) is 0 Å². The first-order valence-corrected chi connectivity index (χ1v) is 14.2. The fourth-order valence-corrected chi connectivity index (χ4v) is 5.73. The van der Waals surface area contributed by atoms with Crippen LogP contribution in [-0.2, 0) is 18.9 Å². The zero-order valence-electron chi connectivity index (χ0n) is 23.1. The summed E-state index contributed by atoms with van der Waals surface area (Å²) in [6, 6.07) is 14.5. The van der Waals surface area contributed by atoms with Crippen molar-refractivity contribution >= 4 is 27.6 Å². The van der Waals surface area contributed by atoms with Crippen molar-refractivity contribution in [2.45, 2.75) is 70.0 Å². The van der Waals surface area contributed by atoms with E-state index >= 15 is 0 Å². The Hall–Kier alpha value is -3.46. The van der Waals surface area contributed by atoms with E-state index in [0.717, 1.165) is 21.5 Å². The number of aryl methyl sites for hydroxylation is 1. The van der Waals surface area contributed by atoms with Crippen molar-refractivity contribution in [3.05, 3.63) is 71.3 Å². The van der Waals surface area contributed by atoms with Crippen molar-refractivity contribution < 1.29 is 28.8 Å². The average Bonchev–Trinajstić information content (AvgIpc) is 3.57. The molecule has 41 heavy (non-hydrogen) atoms. The van der Waals surface area contributed by atoms with Crippen molar-refractivity contribution in [1.29, 1.82) is 0 Å². The number of aliphatic hydroxyl groups is 1. The Morgan fingerprint density at radius 2 is 1.98 bits per heavy atom. The standard InChI is InChI=1S/C28H32N6O6S/c1-15-30-25(34(33-15)17-10-11-18-20(12-17)41-14-29-18)24-22(35)21(31-32-27(36)40-28(2,3)4)23-19(38-24)13-37-26(39-23)16-8-6-5-7-9-16/h5-12,14,19,21-24,26,31,35H,13H2,1-4H3,(H,32,36)/t19-,21-,22-,23+,24-,26?/m1/s1. The number of carbonyl (C=O) groups excluding carboxylic acids is 1. The molecule has 0 spiro atoms. The second kappa shape index (κ2) is 11.1. The first-order chi connectivity index (χ1) is 19.7. The van der Waals surface area contributed by atoms with Gasteiger partial charge in [-0.25, -0.2) is 24.9 Å². The van der Waals surface area contributed by atoms with Crippen LogP contribution in [0.25, 0.3) is 15.9 Å². The zero-order chi connectivity index (χ0) is 28.7. The molecule has 216 valence electrons. The number of hydrogen-bond donors (Lipinski definition) is 3. The highest BCUT2D eigenvalue weighted by atomic mass is 32.1. The predicted octanol–water partition coefficient (Wildman–Crippen LogP) is 3.50. The first-order valence-electron chi connectivity index (χ1n) is 13.3. The Morgan fingerprint density at radius 3 is 2.76 bits per heavy atom. The van der Waals surface area contributed by atoms with Gasteiger partial charge in [0.1, 0.15) is 35.8 Å². The minimum atomic E-state index is -1.20. The number of aliphatic hydroxyl groups excluding tert-OH is 1. The van der Waals surface area contributed by atoms with E-state index in [9.17, 15) is 9.90 Å². The number of nitrogens with one attached hydrogen (secondary N) is 2. The summed E-state index contributed by atoms with van der Waals surface area (Å²) >= 11 is 1.52. The van der Waals surface area contributed by atoms with E-state index in [0.29, 0.717) is 11.6 Å². The molecule has 6 atom stereocenters. The lowest BCUT2D eigenvalue weighted by atomic mass is 9.91. The van der Waals surface area contributed by atoms with Gasteiger partial charge in [0.25, 0.3) is 0 Å². The lowest BCUT2D eigenvalue weighted by molar-refractivity contribution is -0.313. The van der Waals surface area contributed by atoms with Crippen LogP contribution in [0, 0.1) is 6.92 Å². The Bertz CT molecular complexity index is 1520. The topological polar surface area (TPSA) is 142 Å². The summed E-state index contributed by atoms with van der Waals surface area (Å²) in [6.07, 6.45) is -4.75. The second-order valence-electron chi connectivity index (χ2n) is 11.0. The SMILES string of the molecule is Cc1nc([C@@H]2O[C@@H]3COC(c4ccccc4)O[C@@H]3[C@H](NNC(=O)OC(C)(C)C)[C@H]2O)n(-c2ccc3ncsc3c2)n1. The molecule has 13 heteroatoms. The van der Waals surface area contributed by atoms with Gasteiger partial charge in [-0.3, -0.25) is 5.43 Å². The van der Waals surface area contributed by atoms with Gasteiger partial charge in [0.15, 0.2) is 12.1 Å². The highest BCUT2D eigenvalue weighted by Gasteiger charge is 2.51. The zero-order valence-corrected chi connectivity index (χ0v) is 23.9. The van der Waals surface area contributed by atoms with Crippen LogP contribution in [0.2, 0.25) is 0 Å². The summed E-state index contributed by atoms with van der Waals surface area (Å²) in [5.41, 5.74) is 9.08. The number of fused-ring (bicyclic) bond motifs is 2. The second-order valence-corrected chi connectivity index (χ2v) is 11.9. The highest BCUT2D eigenvalue weighted by Crippen LogP contribution is 2.39. The molecule has 6 rings (SSSR count). The number of hydrazine groups is 1. The molecule has 2 saturated heterocycles. The molecule has 1 amide bonds. The molecule has 12 nitrogen and oxygen atoms in total. The van der Waals surface area contributed by atoms with Gasteiger partial charge in [-0.05, 0) is 45.9 Å². The molecule has 0 radical (unpaired) electrons. The smallest absolute Gasteiger partial charge is 0.422 e. The van der Waals surface area contributed by atoms with Gasteiger partial charge in [-0.1, -0.05) is 30.3 Å². The molecular formula is C28H32N6O6S. The summed E-state index contributed by atoms with van der Waals surface area (Å²) < 4.78 is 26.8. The van der Waals surface area contributed by atoms with E-state index in [4.69, 9.17) is 18.9 Å². The Balaban J connectivity index is 1.31. The predicted molar refractivity (Wildman–Crippen MR) is 149 cm³/mol. The monoisotopic (exact) mass is 580 g/mol. The van der Waals surface area contributed by atoms with Gasteiger partial charge >= 0.3 is 6.09 Å². The van der Waals surface area contributed by atoms with Crippen LogP contribution in [0.15, 0.2) is 54.0 Å². The van der Waals surface area contributed by atoms with Crippen LogP contribution in [-0.4, -0.2) is 67.5 Å². The lowest BCUT2D eigenvalue weighted by Gasteiger charge is -2.48. The number of amides is 1. The van der Waals surface area contributed by atoms with Crippen LogP contribution < -0.4 is 10.9 Å². The molecule has 4 heterocycles. The number of rotatable bonds is 5. The van der Waals surface area contributed by atoms with E-state index in [1.165, 1.54) is 11.3 Å². The normalized spacial score (nSPS) is 26.5. The fraction of sp³-hybridized carbons (Fsp3) is 0.429. The van der Waals surface area contributed by atoms with Crippen molar-refractivity contribution in [3.8, 4) is 5.69 Å². The van der Waals surface area contributed by atoms with Gasteiger partial charge in [0, 0.05) is 5.56 Å². The van der Waals surface area contributed by atoms with E-state index in [-0.39, 0.29) is 6.61 Å².